The molecule has 0 saturated heterocycles. The maximum atomic E-state index is 3.96. The van der Waals surface area contributed by atoms with Crippen LogP contribution < -0.4 is 0 Å². The van der Waals surface area contributed by atoms with E-state index in [1.165, 1.54) is 51.4 Å². The zero-order valence-corrected chi connectivity index (χ0v) is 10.7. The highest BCUT2D eigenvalue weighted by molar-refractivity contribution is 4.97. The summed E-state index contributed by atoms with van der Waals surface area (Å²) in [6.45, 7) is 8.73. The van der Waals surface area contributed by atoms with Gasteiger partial charge in [0.15, 0.2) is 0 Å². The van der Waals surface area contributed by atoms with Gasteiger partial charge >= 0.3 is 0 Å². The minimum Gasteiger partial charge on any atom is -0.0651 e. The Morgan fingerprint density at radius 3 is 2.80 bits per heavy atom. The van der Waals surface area contributed by atoms with Crippen molar-refractivity contribution in [1.29, 1.82) is 0 Å². The summed E-state index contributed by atoms with van der Waals surface area (Å²) < 4.78 is 0. The van der Waals surface area contributed by atoms with Crippen LogP contribution >= 0.6 is 0 Å². The molecule has 2 unspecified atom stereocenters. The van der Waals surface area contributed by atoms with E-state index < -0.39 is 0 Å². The molecule has 15 heavy (non-hydrogen) atoms. The Labute approximate surface area is 96.8 Å². The normalized spacial score (nSPS) is 26.2. The molecule has 2 atom stereocenters. The molecule has 0 aromatic rings. The van der Waals surface area contributed by atoms with Crippen LogP contribution in [0, 0.1) is 24.7 Å². The van der Waals surface area contributed by atoms with Crippen molar-refractivity contribution in [3.05, 3.63) is 12.8 Å². The van der Waals surface area contributed by atoms with Gasteiger partial charge in [-0.25, -0.2) is 0 Å². The molecule has 1 fully saturated rings. The zero-order valence-electron chi connectivity index (χ0n) is 10.7. The second-order valence-corrected chi connectivity index (χ2v) is 5.30. The molecule has 0 aliphatic heterocycles. The lowest BCUT2D eigenvalue weighted by atomic mass is 9.81. The van der Waals surface area contributed by atoms with Gasteiger partial charge in [0.25, 0.3) is 0 Å². The highest BCUT2D eigenvalue weighted by Gasteiger charge is 2.23. The van der Waals surface area contributed by atoms with E-state index in [1.807, 2.05) is 5.92 Å². The Morgan fingerprint density at radius 1 is 1.33 bits per heavy atom. The lowest BCUT2D eigenvalue weighted by molar-refractivity contribution is 0.423. The molecule has 2 radical (unpaired) electrons. The fourth-order valence-electron chi connectivity index (χ4n) is 2.87. The van der Waals surface area contributed by atoms with Crippen molar-refractivity contribution in [2.75, 3.05) is 0 Å². The Morgan fingerprint density at radius 2 is 2.13 bits per heavy atom. The largest absolute Gasteiger partial charge is 0.0651 e. The SMILES string of the molecule is [CH2]CCCC(CC)[C]1CCCC(C)CC1. The number of rotatable bonds is 5. The van der Waals surface area contributed by atoms with E-state index in [9.17, 15) is 0 Å². The van der Waals surface area contributed by atoms with E-state index >= 15 is 0 Å². The van der Waals surface area contributed by atoms with Crippen molar-refractivity contribution in [3.63, 3.8) is 0 Å². The smallest absolute Gasteiger partial charge is 0.0210 e. The van der Waals surface area contributed by atoms with Crippen LogP contribution in [-0.2, 0) is 0 Å². The van der Waals surface area contributed by atoms with E-state index in [2.05, 4.69) is 20.8 Å². The van der Waals surface area contributed by atoms with Gasteiger partial charge in [0.1, 0.15) is 0 Å². The molecule has 1 saturated carbocycles. The van der Waals surface area contributed by atoms with Crippen LogP contribution in [0.1, 0.15) is 71.6 Å². The molecule has 0 spiro atoms. The second-order valence-electron chi connectivity index (χ2n) is 5.30. The summed E-state index contributed by atoms with van der Waals surface area (Å²) in [6, 6.07) is 0. The maximum absolute atomic E-state index is 3.96. The summed E-state index contributed by atoms with van der Waals surface area (Å²) in [5.41, 5.74) is 0. The third-order valence-corrected chi connectivity index (χ3v) is 4.03. The molecule has 0 nitrogen and oxygen atoms in total. The fraction of sp³-hybridized carbons (Fsp3) is 0.867. The molecule has 0 bridgehead atoms. The topological polar surface area (TPSA) is 0 Å². The van der Waals surface area contributed by atoms with Crippen LogP contribution in [0.15, 0.2) is 0 Å². The predicted octanol–water partition coefficient (Wildman–Crippen LogP) is 5.19. The van der Waals surface area contributed by atoms with Crippen LogP contribution in [0.3, 0.4) is 0 Å². The van der Waals surface area contributed by atoms with E-state index in [4.69, 9.17) is 0 Å². The van der Waals surface area contributed by atoms with Gasteiger partial charge in [-0.05, 0) is 37.0 Å². The zero-order chi connectivity index (χ0) is 11.1. The second kappa shape index (κ2) is 7.30. The fourth-order valence-corrected chi connectivity index (χ4v) is 2.87. The molecule has 1 aliphatic rings. The van der Waals surface area contributed by atoms with Gasteiger partial charge in [-0.1, -0.05) is 59.3 Å². The van der Waals surface area contributed by atoms with Gasteiger partial charge in [0.05, 0.1) is 0 Å². The van der Waals surface area contributed by atoms with Crippen LogP contribution in [0.4, 0.5) is 0 Å². The monoisotopic (exact) mass is 208 g/mol. The standard InChI is InChI=1S/C15H28/c1-4-6-9-14(5-2)15-10-7-8-13(3)11-12-15/h13-14H,1,4-12H2,2-3H3. The molecule has 0 heterocycles. The Kier molecular flexibility index (Phi) is 6.36. The molecule has 0 heteroatoms. The number of hydrogen-bond acceptors (Lipinski definition) is 0. The summed E-state index contributed by atoms with van der Waals surface area (Å²) in [7, 11) is 0. The molecule has 1 aliphatic carbocycles. The Hall–Kier alpha value is 0. The number of hydrogen-bond donors (Lipinski definition) is 0. The van der Waals surface area contributed by atoms with Gasteiger partial charge in [0, 0.05) is 0 Å². The quantitative estimate of drug-likeness (QED) is 0.545. The summed E-state index contributed by atoms with van der Waals surface area (Å²) in [6.07, 6.45) is 12.3. The summed E-state index contributed by atoms with van der Waals surface area (Å²) in [4.78, 5) is 0. The minimum atomic E-state index is 0.914. The van der Waals surface area contributed by atoms with Crippen LogP contribution in [0.5, 0.6) is 0 Å². The van der Waals surface area contributed by atoms with Crippen molar-refractivity contribution < 1.29 is 0 Å². The van der Waals surface area contributed by atoms with E-state index in [1.54, 1.807) is 0 Å². The van der Waals surface area contributed by atoms with Crippen molar-refractivity contribution in [1.82, 2.24) is 0 Å². The van der Waals surface area contributed by atoms with E-state index in [-0.39, 0.29) is 0 Å². The lowest BCUT2D eigenvalue weighted by Crippen LogP contribution is -2.11. The molecule has 0 aromatic heterocycles. The first-order valence-electron chi connectivity index (χ1n) is 6.91. The minimum absolute atomic E-state index is 0.914. The molecule has 88 valence electrons. The first-order chi connectivity index (χ1) is 7.27. The van der Waals surface area contributed by atoms with Crippen LogP contribution in [0.2, 0.25) is 0 Å². The molecule has 0 N–H and O–H groups in total. The Balaban J connectivity index is 2.37. The van der Waals surface area contributed by atoms with Crippen molar-refractivity contribution in [2.24, 2.45) is 11.8 Å². The van der Waals surface area contributed by atoms with Crippen LogP contribution in [-0.4, -0.2) is 0 Å². The molecule has 0 aromatic carbocycles. The van der Waals surface area contributed by atoms with Gasteiger partial charge in [-0.15, -0.1) is 0 Å². The van der Waals surface area contributed by atoms with Gasteiger partial charge < -0.3 is 0 Å². The van der Waals surface area contributed by atoms with E-state index in [0.717, 1.165) is 18.3 Å². The first-order valence-corrected chi connectivity index (χ1v) is 6.91. The maximum Gasteiger partial charge on any atom is -0.0210 e. The predicted molar refractivity (Wildman–Crippen MR) is 68.5 cm³/mol. The molecule has 1 rings (SSSR count). The lowest BCUT2D eigenvalue weighted by Gasteiger charge is -2.24. The number of unbranched alkanes of at least 4 members (excludes halogenated alkanes) is 1. The molecular formula is C15H28. The van der Waals surface area contributed by atoms with Gasteiger partial charge in [-0.2, -0.15) is 0 Å². The summed E-state index contributed by atoms with van der Waals surface area (Å²) in [5.74, 6) is 3.76. The highest BCUT2D eigenvalue weighted by Crippen LogP contribution is 2.36. The third kappa shape index (κ3) is 4.57. The van der Waals surface area contributed by atoms with Crippen molar-refractivity contribution in [3.8, 4) is 0 Å². The van der Waals surface area contributed by atoms with E-state index in [0.29, 0.717) is 0 Å². The first kappa shape index (κ1) is 13.1. The van der Waals surface area contributed by atoms with Crippen LogP contribution in [0.25, 0.3) is 0 Å². The summed E-state index contributed by atoms with van der Waals surface area (Å²) >= 11 is 0. The van der Waals surface area contributed by atoms with Gasteiger partial charge in [0.2, 0.25) is 0 Å². The molecule has 0 amide bonds. The van der Waals surface area contributed by atoms with Crippen molar-refractivity contribution in [2.45, 2.75) is 71.6 Å². The highest BCUT2D eigenvalue weighted by atomic mass is 14.3. The Bertz CT molecular complexity index is 150. The summed E-state index contributed by atoms with van der Waals surface area (Å²) in [5, 5.41) is 0. The molecular weight excluding hydrogens is 180 g/mol. The average Bonchev–Trinajstić information content (AvgIpc) is 2.45. The van der Waals surface area contributed by atoms with Gasteiger partial charge in [-0.3, -0.25) is 0 Å². The van der Waals surface area contributed by atoms with Crippen molar-refractivity contribution >= 4 is 0 Å². The average molecular weight is 208 g/mol. The third-order valence-electron chi connectivity index (χ3n) is 4.03.